The molecule has 1 heterocycles. The molecule has 10 aromatic rings. The van der Waals surface area contributed by atoms with Gasteiger partial charge >= 0.3 is 0 Å². The van der Waals surface area contributed by atoms with Crippen LogP contribution in [0.4, 0.5) is 0 Å². The van der Waals surface area contributed by atoms with Gasteiger partial charge in [-0.1, -0.05) is 158 Å². The quantitative estimate of drug-likeness (QED) is 0.160. The number of aromatic nitrogens is 2. The molecule has 2 heteroatoms. The van der Waals surface area contributed by atoms with Crippen molar-refractivity contribution >= 4 is 32.6 Å². The van der Waals surface area contributed by atoms with Crippen LogP contribution in [0, 0.1) is 0 Å². The van der Waals surface area contributed by atoms with Gasteiger partial charge in [0.2, 0.25) is 0 Å². The molecule has 0 fully saturated rings. The third-order valence-electron chi connectivity index (χ3n) is 9.80. The van der Waals surface area contributed by atoms with Crippen LogP contribution in [0.2, 0.25) is 0 Å². The molecule has 53 heavy (non-hydrogen) atoms. The van der Waals surface area contributed by atoms with Gasteiger partial charge in [-0.05, 0) is 115 Å². The Hall–Kier alpha value is -7.03. The number of imidazole rings is 1. The normalized spacial score (nSPS) is 13.5. The van der Waals surface area contributed by atoms with E-state index in [9.17, 15) is 5.48 Å². The highest BCUT2D eigenvalue weighted by Gasteiger charge is 2.20. The average Bonchev–Trinajstić information content (AvgIpc) is 3.71. The smallest absolute Gasteiger partial charge is 0.145 e. The van der Waals surface area contributed by atoms with Gasteiger partial charge in [-0.15, -0.1) is 0 Å². The second kappa shape index (κ2) is 12.9. The third kappa shape index (κ3) is 5.40. The van der Waals surface area contributed by atoms with E-state index in [-0.39, 0.29) is 51.3 Å². The van der Waals surface area contributed by atoms with E-state index in [1.54, 1.807) is 0 Å². The molecule has 248 valence electrons. The van der Waals surface area contributed by atoms with Gasteiger partial charge in [0.25, 0.3) is 0 Å². The van der Waals surface area contributed by atoms with E-state index in [1.165, 1.54) is 0 Å². The molecule has 0 aliphatic carbocycles. The van der Waals surface area contributed by atoms with Crippen molar-refractivity contribution in [3.05, 3.63) is 206 Å². The summed E-state index contributed by atoms with van der Waals surface area (Å²) in [7, 11) is 0. The molecule has 10 rings (SSSR count). The highest BCUT2D eigenvalue weighted by molar-refractivity contribution is 6.21. The Bertz CT molecular complexity index is 3250. The number of rotatable bonds is 6. The van der Waals surface area contributed by atoms with Crippen molar-refractivity contribution in [2.75, 3.05) is 0 Å². The van der Waals surface area contributed by atoms with Gasteiger partial charge in [0.15, 0.2) is 0 Å². The lowest BCUT2D eigenvalue weighted by Crippen LogP contribution is -1.97. The summed E-state index contributed by atoms with van der Waals surface area (Å²) < 4.78 is 76.3. The molecule has 2 nitrogen and oxygen atoms in total. The maximum Gasteiger partial charge on any atom is 0.145 e. The second-order valence-electron chi connectivity index (χ2n) is 13.0. The van der Waals surface area contributed by atoms with E-state index >= 15 is 0 Å². The molecule has 0 radical (unpaired) electrons. The van der Waals surface area contributed by atoms with Gasteiger partial charge in [0.1, 0.15) is 5.82 Å². The van der Waals surface area contributed by atoms with Crippen LogP contribution in [-0.4, -0.2) is 9.55 Å². The first-order valence-corrected chi connectivity index (χ1v) is 17.5. The van der Waals surface area contributed by atoms with Gasteiger partial charge in [-0.2, -0.15) is 0 Å². The van der Waals surface area contributed by atoms with Crippen molar-refractivity contribution in [1.82, 2.24) is 9.55 Å². The van der Waals surface area contributed by atoms with Crippen LogP contribution in [0.5, 0.6) is 0 Å². The van der Waals surface area contributed by atoms with E-state index in [2.05, 4.69) is 10.6 Å². The molecule has 0 unspecified atom stereocenters. The predicted octanol–water partition coefficient (Wildman–Crippen LogP) is 13.7. The van der Waals surface area contributed by atoms with Gasteiger partial charge in [-0.25, -0.2) is 4.98 Å². The van der Waals surface area contributed by atoms with Gasteiger partial charge in [-0.3, -0.25) is 4.57 Å². The summed E-state index contributed by atoms with van der Waals surface area (Å²) >= 11 is 0. The van der Waals surface area contributed by atoms with Crippen LogP contribution in [-0.2, 0) is 0 Å². The van der Waals surface area contributed by atoms with E-state index in [0.717, 1.165) is 39.0 Å². The van der Waals surface area contributed by atoms with Crippen molar-refractivity contribution in [3.63, 3.8) is 0 Å². The second-order valence-corrected chi connectivity index (χ2v) is 13.0. The lowest BCUT2D eigenvalue weighted by molar-refractivity contribution is 1.10. The number of hydrogen-bond donors (Lipinski definition) is 0. The molecular weight excluding hydrogens is 641 g/mol. The summed E-state index contributed by atoms with van der Waals surface area (Å²) in [5.74, 6) is 0.634. The Labute approximate surface area is 320 Å². The van der Waals surface area contributed by atoms with Gasteiger partial charge < -0.3 is 0 Å². The Balaban J connectivity index is 1.36. The molecule has 0 atom stereocenters. The molecule has 0 N–H and O–H groups in total. The molecule has 0 aliphatic rings. The van der Waals surface area contributed by atoms with Crippen molar-refractivity contribution in [2.45, 2.75) is 0 Å². The Morgan fingerprint density at radius 2 is 0.811 bits per heavy atom. The molecule has 0 aliphatic heterocycles. The van der Waals surface area contributed by atoms with Crippen LogP contribution in [0.3, 0.4) is 0 Å². The fourth-order valence-electron chi connectivity index (χ4n) is 7.44. The van der Waals surface area contributed by atoms with Gasteiger partial charge in [0, 0.05) is 11.3 Å². The van der Waals surface area contributed by atoms with Crippen molar-refractivity contribution in [1.29, 1.82) is 0 Å². The minimum Gasteiger partial charge on any atom is -0.292 e. The van der Waals surface area contributed by atoms with Crippen LogP contribution >= 0.6 is 0 Å². The number of benzene rings is 9. The number of hydrogen-bond acceptors (Lipinski definition) is 1. The SMILES string of the molecule is [2H]c1c([2H])c([2H])c2c(-c3cccc(-c4nc5ccccc5n4-c4ccccc4)c3)c3c([2H])c([2H])c([2H])c([2H])c3c(-c3cc(-c4ccccc4)cc(-c4ccccc4)c3)c2c1[2H]. The van der Waals surface area contributed by atoms with Crippen LogP contribution in [0.15, 0.2) is 206 Å². The van der Waals surface area contributed by atoms with Crippen molar-refractivity contribution < 1.29 is 11.0 Å². The number of para-hydroxylation sites is 3. The van der Waals surface area contributed by atoms with Crippen LogP contribution < -0.4 is 0 Å². The summed E-state index contributed by atoms with van der Waals surface area (Å²) in [6.45, 7) is 0. The van der Waals surface area contributed by atoms with E-state index in [1.807, 2.05) is 152 Å². The molecule has 0 saturated heterocycles. The first kappa shape index (κ1) is 23.4. The summed E-state index contributed by atoms with van der Waals surface area (Å²) in [5, 5.41) is 0.617. The van der Waals surface area contributed by atoms with Gasteiger partial charge in [0.05, 0.1) is 22.0 Å². The summed E-state index contributed by atoms with van der Waals surface area (Å²) in [5.41, 5.74) is 8.38. The lowest BCUT2D eigenvalue weighted by Gasteiger charge is -2.19. The standard InChI is InChI=1S/C51H34N2/c1-4-17-35(18-5-1)39-32-40(36-19-6-2-7-20-36)34-41(33-39)50-45-27-12-10-25-43(45)49(44-26-11-13-28-46(44)50)37-21-16-22-38(31-37)51-52-47-29-14-15-30-48(47)53(51)42-23-8-3-9-24-42/h1-34H/i10D,11D,12D,13D,25D,26D,27D,28D. The average molecular weight is 683 g/mol. The fourth-order valence-corrected chi connectivity index (χ4v) is 7.44. The van der Waals surface area contributed by atoms with Crippen molar-refractivity contribution in [3.8, 4) is 61.6 Å². The Morgan fingerprint density at radius 1 is 0.377 bits per heavy atom. The summed E-state index contributed by atoms with van der Waals surface area (Å²) in [6, 6.07) is 47.7. The zero-order valence-corrected chi connectivity index (χ0v) is 28.4. The maximum atomic E-state index is 9.57. The van der Waals surface area contributed by atoms with E-state index in [4.69, 9.17) is 10.5 Å². The highest BCUT2D eigenvalue weighted by Crippen LogP contribution is 2.46. The maximum absolute atomic E-state index is 9.57. The monoisotopic (exact) mass is 682 g/mol. The summed E-state index contributed by atoms with van der Waals surface area (Å²) in [6.07, 6.45) is 0. The Kier molecular flexibility index (Phi) is 5.72. The molecular formula is C51H34N2. The molecule has 0 spiro atoms. The van der Waals surface area contributed by atoms with Crippen LogP contribution in [0.1, 0.15) is 11.0 Å². The summed E-state index contributed by atoms with van der Waals surface area (Å²) in [4.78, 5) is 5.07. The molecule has 0 amide bonds. The molecule has 0 saturated carbocycles. The molecule has 1 aromatic heterocycles. The zero-order chi connectivity index (χ0) is 42.1. The first-order chi connectivity index (χ1) is 29.6. The minimum absolute atomic E-state index is 0.151. The van der Waals surface area contributed by atoms with E-state index < -0.39 is 24.2 Å². The predicted molar refractivity (Wildman–Crippen MR) is 223 cm³/mol. The van der Waals surface area contributed by atoms with Crippen LogP contribution in [0.25, 0.3) is 94.2 Å². The topological polar surface area (TPSA) is 17.8 Å². The first-order valence-electron chi connectivity index (χ1n) is 21.5. The van der Waals surface area contributed by atoms with Crippen molar-refractivity contribution in [2.24, 2.45) is 0 Å². The zero-order valence-electron chi connectivity index (χ0n) is 36.4. The van der Waals surface area contributed by atoms with E-state index in [0.29, 0.717) is 28.1 Å². The third-order valence-corrected chi connectivity index (χ3v) is 9.80. The Morgan fingerprint density at radius 3 is 1.40 bits per heavy atom. The largest absolute Gasteiger partial charge is 0.292 e. The minimum atomic E-state index is -0.449. The fraction of sp³-hybridized carbons (Fsp3) is 0. The lowest BCUT2D eigenvalue weighted by atomic mass is 9.84. The molecule has 9 aromatic carbocycles. The number of nitrogens with zero attached hydrogens (tertiary/aromatic N) is 2. The number of fused-ring (bicyclic) bond motifs is 3. The highest BCUT2D eigenvalue weighted by atomic mass is 15.1. The molecule has 0 bridgehead atoms.